The summed E-state index contributed by atoms with van der Waals surface area (Å²) in [5.74, 6) is -0.224. The maximum Gasteiger partial charge on any atom is 0.276 e. The monoisotopic (exact) mass is 528 g/mol. The zero-order valence-electron chi connectivity index (χ0n) is 25.9. The minimum atomic E-state index is -0.250. The second kappa shape index (κ2) is 21.0. The molecule has 0 saturated carbocycles. The minimum absolute atomic E-state index is 0.0391. The van der Waals surface area contributed by atoms with Gasteiger partial charge in [0.15, 0.2) is 5.69 Å². The van der Waals surface area contributed by atoms with Gasteiger partial charge in [0.2, 0.25) is 0 Å². The first-order valence-corrected chi connectivity index (χ1v) is 14.2. The normalized spacial score (nSPS) is 12.1. The number of amides is 1. The average molecular weight is 529 g/mol. The number of nitrogens with zero attached hydrogens (tertiary/aromatic N) is 2. The van der Waals surface area contributed by atoms with Crippen LogP contribution in [0, 0.1) is 5.41 Å². The third-order valence-electron chi connectivity index (χ3n) is 5.77. The fourth-order valence-electron chi connectivity index (χ4n) is 3.57. The van der Waals surface area contributed by atoms with Crippen molar-refractivity contribution in [3.63, 3.8) is 0 Å². The van der Waals surface area contributed by atoms with Crippen LogP contribution in [0.1, 0.15) is 111 Å². The highest BCUT2D eigenvalue weighted by molar-refractivity contribution is 6.00. The van der Waals surface area contributed by atoms with Crippen LogP contribution in [0.4, 0.5) is 4.39 Å². The van der Waals surface area contributed by atoms with E-state index < -0.39 is 0 Å². The molecule has 0 aromatic carbocycles. The summed E-state index contributed by atoms with van der Waals surface area (Å²) in [7, 11) is 0. The van der Waals surface area contributed by atoms with Crippen molar-refractivity contribution < 1.29 is 9.18 Å². The molecule has 2 aromatic rings. The van der Waals surface area contributed by atoms with E-state index in [1.165, 1.54) is 6.92 Å². The van der Waals surface area contributed by atoms with Crippen molar-refractivity contribution in [2.75, 3.05) is 6.67 Å². The number of pyridine rings is 1. The lowest BCUT2D eigenvalue weighted by Crippen LogP contribution is -2.22. The quantitative estimate of drug-likeness (QED) is 0.367. The van der Waals surface area contributed by atoms with Gasteiger partial charge in [0.1, 0.15) is 0 Å². The van der Waals surface area contributed by atoms with Crippen molar-refractivity contribution in [3.8, 4) is 11.3 Å². The lowest BCUT2D eigenvalue weighted by Gasteiger charge is -2.24. The van der Waals surface area contributed by atoms with Gasteiger partial charge in [0.05, 0.1) is 17.9 Å². The Bertz CT molecular complexity index is 1000. The highest BCUT2D eigenvalue weighted by Gasteiger charge is 2.25. The van der Waals surface area contributed by atoms with E-state index in [4.69, 9.17) is 0 Å². The molecule has 5 nitrogen and oxygen atoms in total. The Morgan fingerprint density at radius 2 is 1.74 bits per heavy atom. The molecule has 0 aliphatic heterocycles. The number of hydrogen-bond donors (Lipinski definition) is 2. The fourth-order valence-corrected chi connectivity index (χ4v) is 3.57. The molecule has 38 heavy (non-hydrogen) atoms. The maximum atomic E-state index is 13.0. The molecule has 0 saturated heterocycles. The summed E-state index contributed by atoms with van der Waals surface area (Å²) in [6.07, 6.45) is 11.4. The fraction of sp³-hybridized carbons (Fsp3) is 0.531. The number of rotatable bonds is 6. The highest BCUT2D eigenvalue weighted by Crippen LogP contribution is 2.32. The van der Waals surface area contributed by atoms with Gasteiger partial charge in [-0.05, 0) is 68.2 Å². The summed E-state index contributed by atoms with van der Waals surface area (Å²) < 4.78 is 10.3. The zero-order valence-corrected chi connectivity index (χ0v) is 25.9. The Hall–Kier alpha value is -3.02. The Morgan fingerprint density at radius 3 is 2.29 bits per heavy atom. The summed E-state index contributed by atoms with van der Waals surface area (Å²) in [5, 5.41) is 10.3. The number of carbonyl (C=O) groups is 1. The molecule has 2 aromatic heterocycles. The standard InChI is InChI=1S/C24H30N4O.C2H5F.3C2H6/c1-6-18(24(4,5)7-2)14-13-16(3)26-23(29)22-20-19(27-28-22)12-8-10-17-11-9-15-25-21(17)20;1-2-3;3*1-2/h6,9,11,13-15H,1,7-8,10,12H2,2-5H3,(H,26,29)(H,27,28);2H2,1H3;3*1-2H3/b16-13+,18-14+;;;;. The average Bonchev–Trinajstić information content (AvgIpc) is 3.28. The van der Waals surface area contributed by atoms with Crippen molar-refractivity contribution in [2.45, 2.75) is 102 Å². The molecule has 2 heterocycles. The first kappa shape index (κ1) is 37.1. The molecule has 2 N–H and O–H groups in total. The Kier molecular flexibility index (Phi) is 20.5. The van der Waals surface area contributed by atoms with E-state index in [1.807, 2.05) is 72.8 Å². The van der Waals surface area contributed by atoms with Crippen molar-refractivity contribution >= 4 is 5.91 Å². The van der Waals surface area contributed by atoms with E-state index in [0.29, 0.717) is 5.69 Å². The van der Waals surface area contributed by atoms with Gasteiger partial charge in [-0.2, -0.15) is 5.10 Å². The molecule has 1 aliphatic carbocycles. The molecule has 0 fully saturated rings. The molecule has 1 amide bonds. The number of alkyl halides is 1. The summed E-state index contributed by atoms with van der Waals surface area (Å²) in [6.45, 7) is 25.5. The summed E-state index contributed by atoms with van der Waals surface area (Å²) in [4.78, 5) is 17.5. The Morgan fingerprint density at radius 1 is 1.13 bits per heavy atom. The van der Waals surface area contributed by atoms with Gasteiger partial charge in [-0.25, -0.2) is 0 Å². The SMILES string of the molecule is C=C/C(=C\C=C(/C)NC(=O)c1n[nH]c2c1-c1ncccc1CCC2)C(C)(C)CC.CC.CC.CC.CCF. The number of hydrogen-bond acceptors (Lipinski definition) is 3. The number of aryl methyl sites for hydroxylation is 2. The molecule has 6 heteroatoms. The smallest absolute Gasteiger partial charge is 0.276 e. The number of allylic oxidation sites excluding steroid dienone is 5. The van der Waals surface area contributed by atoms with Crippen LogP contribution in [0.25, 0.3) is 11.3 Å². The van der Waals surface area contributed by atoms with Gasteiger partial charge in [0.25, 0.3) is 5.91 Å². The number of aromatic nitrogens is 3. The maximum absolute atomic E-state index is 13.0. The van der Waals surface area contributed by atoms with E-state index in [-0.39, 0.29) is 18.0 Å². The van der Waals surface area contributed by atoms with Crippen LogP contribution in [0.15, 0.2) is 54.4 Å². The van der Waals surface area contributed by atoms with Gasteiger partial charge in [-0.15, -0.1) is 0 Å². The van der Waals surface area contributed by atoms with Gasteiger partial charge in [0, 0.05) is 17.6 Å². The number of fused-ring (bicyclic) bond motifs is 3. The van der Waals surface area contributed by atoms with E-state index in [0.717, 1.165) is 59.5 Å². The van der Waals surface area contributed by atoms with Crippen LogP contribution in [-0.2, 0) is 12.8 Å². The molecule has 0 atom stereocenters. The topological polar surface area (TPSA) is 70.7 Å². The Balaban J connectivity index is 0. The van der Waals surface area contributed by atoms with Crippen LogP contribution in [-0.4, -0.2) is 27.8 Å². The molecule has 0 spiro atoms. The number of carbonyl (C=O) groups excluding carboxylic acids is 1. The highest BCUT2D eigenvalue weighted by atomic mass is 19.1. The van der Waals surface area contributed by atoms with Gasteiger partial charge in [-0.1, -0.05) is 87.1 Å². The second-order valence-corrected chi connectivity index (χ2v) is 8.43. The molecule has 0 radical (unpaired) electrons. The van der Waals surface area contributed by atoms with Crippen LogP contribution < -0.4 is 5.32 Å². The summed E-state index contributed by atoms with van der Waals surface area (Å²) in [5.41, 5.74) is 6.17. The van der Waals surface area contributed by atoms with E-state index in [2.05, 4.69) is 53.9 Å². The third-order valence-corrected chi connectivity index (χ3v) is 5.77. The van der Waals surface area contributed by atoms with Crippen LogP contribution in [0.5, 0.6) is 0 Å². The van der Waals surface area contributed by atoms with E-state index in [1.54, 1.807) is 6.20 Å². The lowest BCUT2D eigenvalue weighted by molar-refractivity contribution is 0.0961. The van der Waals surface area contributed by atoms with Gasteiger partial charge < -0.3 is 5.32 Å². The Labute approximate surface area is 232 Å². The molecule has 3 rings (SSSR count). The van der Waals surface area contributed by atoms with Crippen molar-refractivity contribution in [2.24, 2.45) is 5.41 Å². The predicted molar refractivity (Wildman–Crippen MR) is 163 cm³/mol. The van der Waals surface area contributed by atoms with Crippen LogP contribution in [0.2, 0.25) is 0 Å². The lowest BCUT2D eigenvalue weighted by atomic mass is 9.81. The van der Waals surface area contributed by atoms with Crippen molar-refractivity contribution in [1.29, 1.82) is 0 Å². The van der Waals surface area contributed by atoms with Crippen molar-refractivity contribution in [1.82, 2.24) is 20.5 Å². The largest absolute Gasteiger partial charge is 0.325 e. The third kappa shape index (κ3) is 11.2. The first-order valence-electron chi connectivity index (χ1n) is 14.2. The minimum Gasteiger partial charge on any atom is -0.325 e. The van der Waals surface area contributed by atoms with Crippen LogP contribution in [0.3, 0.4) is 0 Å². The molecule has 0 bridgehead atoms. The summed E-state index contributed by atoms with van der Waals surface area (Å²) >= 11 is 0. The van der Waals surface area contributed by atoms with Gasteiger partial charge in [-0.3, -0.25) is 19.3 Å². The number of nitrogens with one attached hydrogen (secondary N) is 2. The second-order valence-electron chi connectivity index (χ2n) is 8.43. The molecule has 1 aliphatic rings. The van der Waals surface area contributed by atoms with Crippen LogP contribution >= 0.6 is 0 Å². The predicted octanol–water partition coefficient (Wildman–Crippen LogP) is 9.20. The molecular weight excluding hydrogens is 475 g/mol. The van der Waals surface area contributed by atoms with E-state index >= 15 is 0 Å². The first-order chi connectivity index (χ1) is 18.3. The number of aromatic amines is 1. The number of halogens is 1. The van der Waals surface area contributed by atoms with Crippen molar-refractivity contribution in [3.05, 3.63) is 71.4 Å². The molecule has 0 unspecified atom stereocenters. The molecular formula is C32H53FN4O. The van der Waals surface area contributed by atoms with E-state index in [9.17, 15) is 9.18 Å². The number of H-pyrrole nitrogens is 1. The summed E-state index contributed by atoms with van der Waals surface area (Å²) in [6, 6.07) is 4.02. The zero-order chi connectivity index (χ0) is 29.7. The molecule has 214 valence electrons. The van der Waals surface area contributed by atoms with Gasteiger partial charge >= 0.3 is 0 Å².